The van der Waals surface area contributed by atoms with E-state index in [-0.39, 0.29) is 0 Å². The van der Waals surface area contributed by atoms with Crippen LogP contribution >= 0.6 is 0 Å². The molecule has 1 aliphatic heterocycles. The Balaban J connectivity index is 1.34. The van der Waals surface area contributed by atoms with Crippen LogP contribution in [-0.2, 0) is 13.0 Å². The lowest BCUT2D eigenvalue weighted by molar-refractivity contribution is 0.238. The molecule has 6 rings (SSSR count). The molecule has 4 aromatic carbocycles. The molecule has 0 saturated carbocycles. The van der Waals surface area contributed by atoms with Gasteiger partial charge in [0.2, 0.25) is 0 Å². The first-order valence-corrected chi connectivity index (χ1v) is 14.4. The summed E-state index contributed by atoms with van der Waals surface area (Å²) in [4.78, 5) is 2.48. The van der Waals surface area contributed by atoms with Crippen molar-refractivity contribution in [3.8, 4) is 17.2 Å². The predicted molar refractivity (Wildman–Crippen MR) is 162 cm³/mol. The Hall–Kier alpha value is -4.02. The van der Waals surface area contributed by atoms with Crippen LogP contribution in [0.15, 0.2) is 97.1 Å². The first kappa shape index (κ1) is 26.2. The predicted octanol–water partition coefficient (Wildman–Crippen LogP) is 7.65. The van der Waals surface area contributed by atoms with E-state index in [0.29, 0.717) is 6.61 Å². The normalized spacial score (nSPS) is 15.1. The second kappa shape index (κ2) is 12.4. The Morgan fingerprint density at radius 2 is 1.43 bits per heavy atom. The number of fused-ring (bicyclic) bond motifs is 1. The summed E-state index contributed by atoms with van der Waals surface area (Å²) in [6, 6.07) is 33.9. The van der Waals surface area contributed by atoms with E-state index in [1.807, 2.05) is 24.3 Å². The smallest absolute Gasteiger partial charge is 0.165 e. The molecule has 0 atom stereocenters. The third kappa shape index (κ3) is 5.78. The molecule has 204 valence electrons. The molecule has 1 heterocycles. The molecule has 0 spiro atoms. The number of allylic oxidation sites excluding steroid dienone is 1. The van der Waals surface area contributed by atoms with Crippen molar-refractivity contribution < 1.29 is 14.2 Å². The van der Waals surface area contributed by atoms with Crippen LogP contribution in [0.2, 0.25) is 0 Å². The highest BCUT2D eigenvalue weighted by Crippen LogP contribution is 2.46. The van der Waals surface area contributed by atoms with Crippen LogP contribution in [-0.4, -0.2) is 38.3 Å². The fourth-order valence-electron chi connectivity index (χ4n) is 5.95. The summed E-state index contributed by atoms with van der Waals surface area (Å²) >= 11 is 0. The van der Waals surface area contributed by atoms with Gasteiger partial charge in [0.25, 0.3) is 0 Å². The number of ether oxygens (including phenoxy) is 3. The summed E-state index contributed by atoms with van der Waals surface area (Å²) < 4.78 is 18.4. The standard InChI is InChI=1S/C36H37NO3/c1-38-34-21-20-32-33(36(34)40-26-27-10-4-2-5-11-27)19-18-31(28-12-6-3-7-13-28)35(32)29-14-16-30(17-15-29)39-25-24-37-22-8-9-23-37/h2-7,10-17,20-21H,8-9,18-19,22-26H2,1H3. The van der Waals surface area contributed by atoms with Gasteiger partial charge in [-0.15, -0.1) is 0 Å². The molecule has 2 aliphatic rings. The Labute approximate surface area is 237 Å². The number of rotatable bonds is 10. The molecule has 4 aromatic rings. The zero-order chi connectivity index (χ0) is 27.1. The molecule has 0 amide bonds. The molecule has 0 unspecified atom stereocenters. The van der Waals surface area contributed by atoms with Crippen molar-refractivity contribution in [2.45, 2.75) is 32.3 Å². The monoisotopic (exact) mass is 531 g/mol. The first-order valence-electron chi connectivity index (χ1n) is 14.4. The minimum Gasteiger partial charge on any atom is -0.493 e. The van der Waals surface area contributed by atoms with Gasteiger partial charge in [-0.05, 0) is 90.4 Å². The van der Waals surface area contributed by atoms with Crippen LogP contribution in [0.25, 0.3) is 11.1 Å². The number of hydrogen-bond donors (Lipinski definition) is 0. The van der Waals surface area contributed by atoms with Crippen molar-refractivity contribution in [2.24, 2.45) is 0 Å². The van der Waals surface area contributed by atoms with Gasteiger partial charge in [0, 0.05) is 12.1 Å². The highest BCUT2D eigenvalue weighted by molar-refractivity contribution is 6.01. The number of nitrogens with zero attached hydrogens (tertiary/aromatic N) is 1. The van der Waals surface area contributed by atoms with Gasteiger partial charge < -0.3 is 14.2 Å². The summed E-state index contributed by atoms with van der Waals surface area (Å²) in [5.74, 6) is 2.54. The highest BCUT2D eigenvalue weighted by atomic mass is 16.5. The quantitative estimate of drug-likeness (QED) is 0.210. The average Bonchev–Trinajstić information content (AvgIpc) is 3.54. The lowest BCUT2D eigenvalue weighted by Crippen LogP contribution is -2.25. The van der Waals surface area contributed by atoms with Crippen molar-refractivity contribution in [3.63, 3.8) is 0 Å². The minimum absolute atomic E-state index is 0.502. The molecule has 4 nitrogen and oxygen atoms in total. The van der Waals surface area contributed by atoms with Gasteiger partial charge in [0.1, 0.15) is 19.0 Å². The van der Waals surface area contributed by atoms with E-state index < -0.39 is 0 Å². The number of methoxy groups -OCH3 is 1. The molecule has 0 aromatic heterocycles. The molecule has 0 N–H and O–H groups in total. The van der Waals surface area contributed by atoms with Crippen molar-refractivity contribution >= 4 is 11.1 Å². The zero-order valence-electron chi connectivity index (χ0n) is 23.3. The number of hydrogen-bond acceptors (Lipinski definition) is 4. The third-order valence-electron chi connectivity index (χ3n) is 8.01. The number of benzene rings is 4. The maximum Gasteiger partial charge on any atom is 0.165 e. The van der Waals surface area contributed by atoms with Crippen LogP contribution in [0.1, 0.15) is 47.1 Å². The topological polar surface area (TPSA) is 30.9 Å². The Morgan fingerprint density at radius 1 is 0.700 bits per heavy atom. The van der Waals surface area contributed by atoms with Crippen LogP contribution in [0.3, 0.4) is 0 Å². The zero-order valence-corrected chi connectivity index (χ0v) is 23.3. The second-order valence-corrected chi connectivity index (χ2v) is 10.5. The molecule has 1 saturated heterocycles. The Kier molecular flexibility index (Phi) is 8.15. The summed E-state index contributed by atoms with van der Waals surface area (Å²) in [5.41, 5.74) is 8.60. The fourth-order valence-corrected chi connectivity index (χ4v) is 5.95. The van der Waals surface area contributed by atoms with Gasteiger partial charge in [0.05, 0.1) is 7.11 Å². The van der Waals surface area contributed by atoms with E-state index in [0.717, 1.165) is 48.8 Å². The summed E-state index contributed by atoms with van der Waals surface area (Å²) in [5, 5.41) is 0. The second-order valence-electron chi connectivity index (χ2n) is 10.5. The van der Waals surface area contributed by atoms with E-state index >= 15 is 0 Å². The molecule has 1 fully saturated rings. The van der Waals surface area contributed by atoms with Gasteiger partial charge in [0.15, 0.2) is 11.5 Å². The van der Waals surface area contributed by atoms with Gasteiger partial charge in [-0.1, -0.05) is 78.9 Å². The van der Waals surface area contributed by atoms with Crippen LogP contribution < -0.4 is 14.2 Å². The molecule has 0 bridgehead atoms. The molecule has 40 heavy (non-hydrogen) atoms. The van der Waals surface area contributed by atoms with E-state index in [1.54, 1.807) is 7.11 Å². The van der Waals surface area contributed by atoms with Crippen LogP contribution in [0.4, 0.5) is 0 Å². The van der Waals surface area contributed by atoms with E-state index in [2.05, 4.69) is 77.7 Å². The molecule has 4 heteroatoms. The maximum atomic E-state index is 6.47. The van der Waals surface area contributed by atoms with Crippen LogP contribution in [0, 0.1) is 0 Å². The molecule has 0 radical (unpaired) electrons. The molecule has 1 aliphatic carbocycles. The van der Waals surface area contributed by atoms with Gasteiger partial charge in [-0.3, -0.25) is 4.90 Å². The Morgan fingerprint density at radius 3 is 2.15 bits per heavy atom. The maximum absolute atomic E-state index is 6.47. The lowest BCUT2D eigenvalue weighted by atomic mass is 9.79. The van der Waals surface area contributed by atoms with E-state index in [4.69, 9.17) is 14.2 Å². The van der Waals surface area contributed by atoms with Gasteiger partial charge in [-0.25, -0.2) is 0 Å². The Bertz CT molecular complexity index is 1440. The van der Waals surface area contributed by atoms with Gasteiger partial charge >= 0.3 is 0 Å². The number of likely N-dealkylation sites (tertiary alicyclic amines) is 1. The molecular formula is C36H37NO3. The largest absolute Gasteiger partial charge is 0.493 e. The summed E-state index contributed by atoms with van der Waals surface area (Å²) in [6.45, 7) is 4.61. The first-order chi connectivity index (χ1) is 19.8. The van der Waals surface area contributed by atoms with E-state index in [9.17, 15) is 0 Å². The minimum atomic E-state index is 0.502. The van der Waals surface area contributed by atoms with E-state index in [1.165, 1.54) is 59.3 Å². The fraction of sp³-hybridized carbons (Fsp3) is 0.278. The summed E-state index contributed by atoms with van der Waals surface area (Å²) in [6.07, 6.45) is 4.43. The lowest BCUT2D eigenvalue weighted by Gasteiger charge is -2.27. The van der Waals surface area contributed by atoms with Crippen molar-refractivity contribution in [1.29, 1.82) is 0 Å². The highest BCUT2D eigenvalue weighted by Gasteiger charge is 2.26. The average molecular weight is 532 g/mol. The van der Waals surface area contributed by atoms with Crippen molar-refractivity contribution in [1.82, 2.24) is 4.90 Å². The van der Waals surface area contributed by atoms with Crippen LogP contribution in [0.5, 0.6) is 17.2 Å². The van der Waals surface area contributed by atoms with Crippen molar-refractivity contribution in [2.75, 3.05) is 33.4 Å². The van der Waals surface area contributed by atoms with Gasteiger partial charge in [-0.2, -0.15) is 0 Å². The summed E-state index contributed by atoms with van der Waals surface area (Å²) in [7, 11) is 1.72. The molecular weight excluding hydrogens is 494 g/mol. The SMILES string of the molecule is COc1ccc2c(c1OCc1ccccc1)CCC(c1ccccc1)=C2c1ccc(OCCN2CCCC2)cc1. The van der Waals surface area contributed by atoms with Crippen molar-refractivity contribution in [3.05, 3.63) is 125 Å². The third-order valence-corrected chi connectivity index (χ3v) is 8.01.